The molecule has 1 saturated heterocycles. The first kappa shape index (κ1) is 12.0. The molecule has 2 unspecified atom stereocenters. The van der Waals surface area contributed by atoms with Crippen LogP contribution in [0.15, 0.2) is 0 Å². The van der Waals surface area contributed by atoms with Gasteiger partial charge >= 0.3 is 0 Å². The van der Waals surface area contributed by atoms with E-state index in [1.165, 1.54) is 30.6 Å². The molecule has 1 aromatic heterocycles. The molecule has 1 aromatic rings. The van der Waals surface area contributed by atoms with Crippen molar-refractivity contribution in [3.05, 3.63) is 11.3 Å². The van der Waals surface area contributed by atoms with Crippen LogP contribution in [0.5, 0.6) is 0 Å². The second-order valence-electron chi connectivity index (χ2n) is 5.32. The molecule has 2 heterocycles. The molecule has 2 N–H and O–H groups in total. The lowest BCUT2D eigenvalue weighted by Gasteiger charge is -2.39. The molecular weight excluding hydrogens is 228 g/mol. The Morgan fingerprint density at radius 2 is 2.28 bits per heavy atom. The van der Waals surface area contributed by atoms with Crippen LogP contribution in [-0.2, 0) is 18.3 Å². The second kappa shape index (κ2) is 4.55. The molecule has 5 nitrogen and oxygen atoms in total. The Balaban J connectivity index is 1.98. The smallest absolute Gasteiger partial charge is 0.131 e. The fourth-order valence-corrected chi connectivity index (χ4v) is 3.48. The Hall–Kier alpha value is -1.07. The summed E-state index contributed by atoms with van der Waals surface area (Å²) in [5, 5.41) is 4.53. The van der Waals surface area contributed by atoms with Gasteiger partial charge in [0.2, 0.25) is 0 Å². The highest BCUT2D eigenvalue weighted by atomic mass is 16.5. The van der Waals surface area contributed by atoms with Crippen molar-refractivity contribution >= 4 is 5.82 Å². The van der Waals surface area contributed by atoms with Crippen LogP contribution in [0.2, 0.25) is 0 Å². The highest BCUT2D eigenvalue weighted by molar-refractivity contribution is 5.51. The summed E-state index contributed by atoms with van der Waals surface area (Å²) >= 11 is 0. The third-order valence-electron chi connectivity index (χ3n) is 4.27. The molecule has 0 amide bonds. The number of fused-ring (bicyclic) bond motifs is 1. The largest absolute Gasteiger partial charge is 0.374 e. The van der Waals surface area contributed by atoms with Gasteiger partial charge in [-0.15, -0.1) is 0 Å². The fraction of sp³-hybridized carbons (Fsp3) is 0.769. The Morgan fingerprint density at radius 1 is 1.44 bits per heavy atom. The summed E-state index contributed by atoms with van der Waals surface area (Å²) in [6, 6.07) is 0.513. The summed E-state index contributed by atoms with van der Waals surface area (Å²) in [5.74, 6) is 1.20. The summed E-state index contributed by atoms with van der Waals surface area (Å²) in [7, 11) is 2.01. The summed E-state index contributed by atoms with van der Waals surface area (Å²) in [4.78, 5) is 2.48. The van der Waals surface area contributed by atoms with E-state index in [1.54, 1.807) is 0 Å². The third-order valence-corrected chi connectivity index (χ3v) is 4.27. The Kier molecular flexibility index (Phi) is 3.03. The summed E-state index contributed by atoms with van der Waals surface area (Å²) in [5.41, 5.74) is 8.13. The molecule has 18 heavy (non-hydrogen) atoms. The van der Waals surface area contributed by atoms with E-state index in [0.717, 1.165) is 18.8 Å². The maximum absolute atomic E-state index is 5.90. The minimum atomic E-state index is 0.402. The van der Waals surface area contributed by atoms with Crippen molar-refractivity contribution in [2.45, 2.75) is 44.9 Å². The molecule has 2 aliphatic rings. The van der Waals surface area contributed by atoms with E-state index in [4.69, 9.17) is 10.5 Å². The van der Waals surface area contributed by atoms with Gasteiger partial charge in [0.1, 0.15) is 5.82 Å². The number of rotatable bonds is 2. The van der Waals surface area contributed by atoms with Crippen molar-refractivity contribution < 1.29 is 4.74 Å². The summed E-state index contributed by atoms with van der Waals surface area (Å²) in [6.45, 7) is 4.37. The molecule has 2 atom stereocenters. The normalized spacial score (nSPS) is 27.6. The molecule has 0 spiro atoms. The number of aromatic nitrogens is 2. The Morgan fingerprint density at radius 3 is 3.06 bits per heavy atom. The maximum atomic E-state index is 5.90. The van der Waals surface area contributed by atoms with Gasteiger partial charge in [0.15, 0.2) is 0 Å². The zero-order valence-electron chi connectivity index (χ0n) is 11.2. The van der Waals surface area contributed by atoms with Crippen LogP contribution in [-0.4, -0.2) is 35.1 Å². The van der Waals surface area contributed by atoms with Crippen LogP contribution in [0.1, 0.15) is 30.5 Å². The maximum Gasteiger partial charge on any atom is 0.131 e. The van der Waals surface area contributed by atoms with E-state index < -0.39 is 0 Å². The summed E-state index contributed by atoms with van der Waals surface area (Å²) in [6.07, 6.45) is 4.08. The number of morpholine rings is 1. The van der Waals surface area contributed by atoms with Crippen molar-refractivity contribution in [3.8, 4) is 0 Å². The minimum Gasteiger partial charge on any atom is -0.374 e. The van der Waals surface area contributed by atoms with E-state index >= 15 is 0 Å². The van der Waals surface area contributed by atoms with Gasteiger partial charge in [-0.2, -0.15) is 5.10 Å². The standard InChI is InChI=1S/C13H22N4O/c1-9-10(8-14)13(16(2)15-9)17-6-7-18-12-5-3-4-11(12)17/h11-12H,3-8,14H2,1-2H3. The van der Waals surface area contributed by atoms with Crippen LogP contribution in [0.4, 0.5) is 5.82 Å². The van der Waals surface area contributed by atoms with Crippen molar-refractivity contribution in [3.63, 3.8) is 0 Å². The van der Waals surface area contributed by atoms with Crippen LogP contribution in [0, 0.1) is 6.92 Å². The number of anilines is 1. The average Bonchev–Trinajstić information content (AvgIpc) is 2.92. The molecule has 1 saturated carbocycles. The predicted octanol–water partition coefficient (Wildman–Crippen LogP) is 0.945. The van der Waals surface area contributed by atoms with Gasteiger partial charge in [-0.05, 0) is 26.2 Å². The lowest BCUT2D eigenvalue weighted by atomic mass is 10.1. The zero-order valence-corrected chi connectivity index (χ0v) is 11.2. The van der Waals surface area contributed by atoms with Gasteiger partial charge in [-0.3, -0.25) is 4.68 Å². The van der Waals surface area contributed by atoms with Crippen molar-refractivity contribution in [2.24, 2.45) is 12.8 Å². The Labute approximate surface area is 108 Å². The van der Waals surface area contributed by atoms with Crippen molar-refractivity contribution in [2.75, 3.05) is 18.1 Å². The average molecular weight is 250 g/mol. The molecule has 100 valence electrons. The van der Waals surface area contributed by atoms with Crippen molar-refractivity contribution in [1.29, 1.82) is 0 Å². The topological polar surface area (TPSA) is 56.3 Å². The lowest BCUT2D eigenvalue weighted by Crippen LogP contribution is -2.49. The van der Waals surface area contributed by atoms with Gasteiger partial charge in [0, 0.05) is 25.7 Å². The van der Waals surface area contributed by atoms with E-state index in [-0.39, 0.29) is 0 Å². The van der Waals surface area contributed by atoms with E-state index in [0.29, 0.717) is 18.7 Å². The Bertz CT molecular complexity index is 442. The van der Waals surface area contributed by atoms with E-state index in [1.807, 2.05) is 18.7 Å². The third kappa shape index (κ3) is 1.73. The van der Waals surface area contributed by atoms with Gasteiger partial charge in [0.25, 0.3) is 0 Å². The van der Waals surface area contributed by atoms with Crippen LogP contribution >= 0.6 is 0 Å². The SMILES string of the molecule is Cc1nn(C)c(N2CCOC3CCCC32)c1CN. The summed E-state index contributed by atoms with van der Waals surface area (Å²) < 4.78 is 7.86. The molecule has 1 aliphatic carbocycles. The van der Waals surface area contributed by atoms with Gasteiger partial charge in [0.05, 0.1) is 24.4 Å². The van der Waals surface area contributed by atoms with Crippen LogP contribution in [0.3, 0.4) is 0 Å². The van der Waals surface area contributed by atoms with Gasteiger partial charge in [-0.25, -0.2) is 0 Å². The molecule has 3 rings (SSSR count). The monoisotopic (exact) mass is 250 g/mol. The van der Waals surface area contributed by atoms with Crippen LogP contribution in [0.25, 0.3) is 0 Å². The molecular formula is C13H22N4O. The molecule has 0 aromatic carbocycles. The molecule has 1 aliphatic heterocycles. The zero-order chi connectivity index (χ0) is 12.7. The predicted molar refractivity (Wildman–Crippen MR) is 70.6 cm³/mol. The first-order chi connectivity index (χ1) is 8.72. The molecule has 2 fully saturated rings. The number of hydrogen-bond donors (Lipinski definition) is 1. The lowest BCUT2D eigenvalue weighted by molar-refractivity contribution is 0.0250. The molecule has 0 bridgehead atoms. The fourth-order valence-electron chi connectivity index (χ4n) is 3.48. The first-order valence-corrected chi connectivity index (χ1v) is 6.83. The second-order valence-corrected chi connectivity index (χ2v) is 5.32. The number of hydrogen-bond acceptors (Lipinski definition) is 4. The van der Waals surface area contributed by atoms with E-state index in [2.05, 4.69) is 10.00 Å². The quantitative estimate of drug-likeness (QED) is 0.849. The number of aryl methyl sites for hydroxylation is 2. The highest BCUT2D eigenvalue weighted by Gasteiger charge is 2.38. The van der Waals surface area contributed by atoms with Crippen LogP contribution < -0.4 is 10.6 Å². The first-order valence-electron chi connectivity index (χ1n) is 6.83. The van der Waals surface area contributed by atoms with Gasteiger partial charge < -0.3 is 15.4 Å². The number of nitrogens with zero attached hydrogens (tertiary/aromatic N) is 3. The van der Waals surface area contributed by atoms with Gasteiger partial charge in [-0.1, -0.05) is 0 Å². The number of nitrogens with two attached hydrogens (primary N) is 1. The minimum absolute atomic E-state index is 0.402. The number of ether oxygens (including phenoxy) is 1. The molecule has 0 radical (unpaired) electrons. The molecule has 5 heteroatoms. The van der Waals surface area contributed by atoms with E-state index in [9.17, 15) is 0 Å². The van der Waals surface area contributed by atoms with Crippen molar-refractivity contribution in [1.82, 2.24) is 9.78 Å². The highest BCUT2D eigenvalue weighted by Crippen LogP contribution is 2.35.